The molecule has 9 nitrogen and oxygen atoms in total. The Kier molecular flexibility index (Phi) is 3.76. The van der Waals surface area contributed by atoms with Gasteiger partial charge in [-0.15, -0.1) is 0 Å². The Morgan fingerprint density at radius 2 is 1.79 bits per heavy atom. The molecule has 1 aromatic rings. The van der Waals surface area contributed by atoms with Crippen LogP contribution in [-0.2, 0) is 9.47 Å². The average Bonchev–Trinajstić information content (AvgIpc) is 3.10. The predicted octanol–water partition coefficient (Wildman–Crippen LogP) is -0.630. The smallest absolute Gasteiger partial charge is 0.343 e. The highest BCUT2D eigenvalue weighted by Gasteiger charge is 2.97. The van der Waals surface area contributed by atoms with E-state index in [4.69, 9.17) is 29.4 Å². The van der Waals surface area contributed by atoms with Crippen molar-refractivity contribution in [3.63, 3.8) is 0 Å². The number of nitrogens with zero attached hydrogens (tertiary/aromatic N) is 2. The molecule has 0 amide bonds. The number of benzene rings is 1. The summed E-state index contributed by atoms with van der Waals surface area (Å²) in [6.07, 6.45) is -0.249. The summed E-state index contributed by atoms with van der Waals surface area (Å²) in [5.41, 5.74) is 4.22. The zero-order valence-electron chi connectivity index (χ0n) is 16.0. The van der Waals surface area contributed by atoms with Gasteiger partial charge >= 0.3 is 5.91 Å². The van der Waals surface area contributed by atoms with Crippen LogP contribution in [0.25, 0.3) is 0 Å². The third-order valence-corrected chi connectivity index (χ3v) is 5.91. The average molecular weight is 385 g/mol. The molecule has 1 aromatic carbocycles. The van der Waals surface area contributed by atoms with Gasteiger partial charge < -0.3 is 23.7 Å². The fraction of sp³-hybridized carbons (Fsp3) is 0.526. The molecule has 4 rings (SSSR count). The van der Waals surface area contributed by atoms with Gasteiger partial charge in [-0.1, -0.05) is 0 Å². The Morgan fingerprint density at radius 1 is 1.14 bits per heavy atom. The number of amidine groups is 1. The SMILES string of the molecule is COc1cc([C@H]2[C@@]3(C#N)[C@@]4([NH+]=C(N)[C@@]23C#N)OC[C@H](C)O4)cc(OC)c1OC. The molecule has 28 heavy (non-hydrogen) atoms. The maximum absolute atomic E-state index is 10.2. The summed E-state index contributed by atoms with van der Waals surface area (Å²) in [4.78, 5) is 2.94. The molecular formula is C19H21N4O5+. The van der Waals surface area contributed by atoms with Gasteiger partial charge in [-0.2, -0.15) is 10.5 Å². The number of nitrogens with one attached hydrogen (secondary N) is 1. The van der Waals surface area contributed by atoms with Gasteiger partial charge in [0.15, 0.2) is 22.3 Å². The Hall–Kier alpha value is -3.01. The van der Waals surface area contributed by atoms with Gasteiger partial charge in [0.2, 0.25) is 5.75 Å². The van der Waals surface area contributed by atoms with Crippen LogP contribution in [0.15, 0.2) is 12.1 Å². The van der Waals surface area contributed by atoms with E-state index in [9.17, 15) is 10.5 Å². The van der Waals surface area contributed by atoms with E-state index in [0.29, 0.717) is 22.8 Å². The standard InChI is InChI=1S/C19H20N4O5/c1-10-7-27-19(28-10)18(9-21)15(17(18,8-20)16(22)23-19)11-5-12(24-2)14(26-4)13(6-11)25-3/h5-6,10,15H,7H2,1-4H3,(H2,22,23)/p+1/t10-,15+,17+,18+,19+/m0/s1. The second-order valence-corrected chi connectivity index (χ2v) is 7.13. The monoisotopic (exact) mass is 385 g/mol. The van der Waals surface area contributed by atoms with Crippen LogP contribution in [0.1, 0.15) is 18.4 Å². The molecule has 3 aliphatic rings. The van der Waals surface area contributed by atoms with Crippen molar-refractivity contribution in [2.24, 2.45) is 16.6 Å². The second-order valence-electron chi connectivity index (χ2n) is 7.13. The number of hydrogen-bond acceptors (Lipinski definition) is 8. The van der Waals surface area contributed by atoms with E-state index in [-0.39, 0.29) is 18.5 Å². The van der Waals surface area contributed by atoms with Crippen molar-refractivity contribution < 1.29 is 28.7 Å². The summed E-state index contributed by atoms with van der Waals surface area (Å²) in [7, 11) is 4.51. The fourth-order valence-electron chi connectivity index (χ4n) is 4.73. The minimum Gasteiger partial charge on any atom is -0.493 e. The molecule has 2 fully saturated rings. The first-order valence-electron chi connectivity index (χ1n) is 8.76. The maximum atomic E-state index is 10.2. The van der Waals surface area contributed by atoms with Crippen LogP contribution < -0.4 is 24.9 Å². The first-order valence-corrected chi connectivity index (χ1v) is 8.76. The molecule has 1 aliphatic carbocycles. The Morgan fingerprint density at radius 3 is 2.21 bits per heavy atom. The number of methoxy groups -OCH3 is 3. The Bertz CT molecular complexity index is 941. The van der Waals surface area contributed by atoms with Crippen LogP contribution in [0.2, 0.25) is 0 Å². The van der Waals surface area contributed by atoms with Crippen molar-refractivity contribution in [1.29, 1.82) is 10.5 Å². The van der Waals surface area contributed by atoms with Gasteiger partial charge in [-0.25, -0.2) is 4.99 Å². The summed E-state index contributed by atoms with van der Waals surface area (Å²) in [5.74, 6) is -0.662. The molecule has 0 radical (unpaired) electrons. The first kappa shape index (κ1) is 18.4. The van der Waals surface area contributed by atoms with E-state index in [1.807, 2.05) is 6.92 Å². The van der Waals surface area contributed by atoms with Gasteiger partial charge in [0.1, 0.15) is 0 Å². The molecule has 3 N–H and O–H groups in total. The van der Waals surface area contributed by atoms with Crippen molar-refractivity contribution in [3.8, 4) is 29.4 Å². The summed E-state index contributed by atoms with van der Waals surface area (Å²) in [6, 6.07) is 8.00. The lowest BCUT2D eigenvalue weighted by atomic mass is 9.93. The predicted molar refractivity (Wildman–Crippen MR) is 94.3 cm³/mol. The fourth-order valence-corrected chi connectivity index (χ4v) is 4.73. The van der Waals surface area contributed by atoms with Gasteiger partial charge in [0, 0.05) is 5.92 Å². The third kappa shape index (κ3) is 1.78. The normalized spacial score (nSPS) is 37.6. The highest BCUT2D eigenvalue weighted by molar-refractivity contribution is 5.95. The molecule has 0 bridgehead atoms. The van der Waals surface area contributed by atoms with E-state index in [1.54, 1.807) is 12.1 Å². The highest BCUT2D eigenvalue weighted by Crippen LogP contribution is 2.79. The zero-order valence-corrected chi connectivity index (χ0v) is 16.0. The van der Waals surface area contributed by atoms with Crippen LogP contribution in [0.5, 0.6) is 17.2 Å². The number of rotatable bonds is 4. The quantitative estimate of drug-likeness (QED) is 0.700. The second kappa shape index (κ2) is 5.74. The van der Waals surface area contributed by atoms with Crippen LogP contribution in [-0.4, -0.2) is 45.8 Å². The maximum Gasteiger partial charge on any atom is 0.343 e. The number of nitrogens with two attached hydrogens (primary N) is 1. The molecule has 2 aliphatic heterocycles. The minimum absolute atomic E-state index is 0.157. The molecule has 1 saturated carbocycles. The molecular weight excluding hydrogens is 364 g/mol. The van der Waals surface area contributed by atoms with Gasteiger partial charge in [-0.05, 0) is 24.6 Å². The van der Waals surface area contributed by atoms with E-state index in [2.05, 4.69) is 17.1 Å². The van der Waals surface area contributed by atoms with Gasteiger partial charge in [0.25, 0.3) is 5.84 Å². The molecule has 146 valence electrons. The molecule has 9 heteroatoms. The van der Waals surface area contributed by atoms with Crippen molar-refractivity contribution >= 4 is 5.84 Å². The van der Waals surface area contributed by atoms with Crippen LogP contribution in [0.3, 0.4) is 0 Å². The van der Waals surface area contributed by atoms with E-state index >= 15 is 0 Å². The van der Waals surface area contributed by atoms with Crippen molar-refractivity contribution in [3.05, 3.63) is 17.7 Å². The van der Waals surface area contributed by atoms with Crippen molar-refractivity contribution in [1.82, 2.24) is 0 Å². The summed E-state index contributed by atoms with van der Waals surface area (Å²) in [5, 5.41) is 20.3. The van der Waals surface area contributed by atoms with E-state index in [1.165, 1.54) is 21.3 Å². The summed E-state index contributed by atoms with van der Waals surface area (Å²) in [6.45, 7) is 2.12. The molecule has 0 aromatic heterocycles. The lowest BCUT2D eigenvalue weighted by Gasteiger charge is -2.24. The molecule has 2 heterocycles. The molecule has 5 atom stereocenters. The van der Waals surface area contributed by atoms with Gasteiger partial charge in [0.05, 0.1) is 46.2 Å². The van der Waals surface area contributed by atoms with Crippen LogP contribution >= 0.6 is 0 Å². The van der Waals surface area contributed by atoms with Crippen LogP contribution in [0, 0.1) is 33.5 Å². The lowest BCUT2D eigenvalue weighted by molar-refractivity contribution is -0.677. The number of ether oxygens (including phenoxy) is 5. The third-order valence-electron chi connectivity index (χ3n) is 5.91. The van der Waals surface area contributed by atoms with Crippen molar-refractivity contribution in [2.75, 3.05) is 27.9 Å². The van der Waals surface area contributed by atoms with E-state index in [0.717, 1.165) is 0 Å². The van der Waals surface area contributed by atoms with Crippen LogP contribution in [0.4, 0.5) is 0 Å². The first-order chi connectivity index (χ1) is 13.4. The highest BCUT2D eigenvalue weighted by atomic mass is 16.8. The Balaban J connectivity index is 1.92. The number of fused-ring (bicyclic) bond motifs is 2. The number of nitriles is 2. The summed E-state index contributed by atoms with van der Waals surface area (Å²) >= 11 is 0. The molecule has 1 saturated heterocycles. The van der Waals surface area contributed by atoms with Gasteiger partial charge in [-0.3, -0.25) is 5.73 Å². The van der Waals surface area contributed by atoms with Crippen molar-refractivity contribution in [2.45, 2.75) is 24.9 Å². The topological polar surface area (TPSA) is 134 Å². The molecule has 1 spiro atoms. The number of hydrogen-bond donors (Lipinski definition) is 2. The Labute approximate surface area is 162 Å². The lowest BCUT2D eigenvalue weighted by Crippen LogP contribution is -2.90. The van der Waals surface area contributed by atoms with E-state index < -0.39 is 22.7 Å². The minimum atomic E-state index is -1.48. The summed E-state index contributed by atoms with van der Waals surface area (Å²) < 4.78 is 28.1. The zero-order chi connectivity index (χ0) is 20.3. The largest absolute Gasteiger partial charge is 0.493 e. The molecule has 0 unspecified atom stereocenters.